The number of pyridine rings is 1. The van der Waals surface area contributed by atoms with Crippen molar-refractivity contribution < 1.29 is 18.8 Å². The molecule has 0 radical (unpaired) electrons. The maximum atomic E-state index is 12.4. The van der Waals surface area contributed by atoms with Crippen LogP contribution in [0.1, 0.15) is 61.5 Å². The summed E-state index contributed by atoms with van der Waals surface area (Å²) in [5.74, 6) is 0.344. The lowest BCUT2D eigenvalue weighted by atomic mass is 9.99. The summed E-state index contributed by atoms with van der Waals surface area (Å²) in [6, 6.07) is 21.1. The molecule has 4 aromatic rings. The molecule has 0 aliphatic rings. The van der Waals surface area contributed by atoms with E-state index in [0.29, 0.717) is 29.6 Å². The van der Waals surface area contributed by atoms with E-state index in [2.05, 4.69) is 44.8 Å². The Balaban J connectivity index is 1.39. The van der Waals surface area contributed by atoms with Crippen LogP contribution in [-0.4, -0.2) is 40.2 Å². The van der Waals surface area contributed by atoms with Crippen LogP contribution >= 0.6 is 0 Å². The second kappa shape index (κ2) is 13.9. The Hall–Kier alpha value is -4.53. The van der Waals surface area contributed by atoms with Crippen LogP contribution in [0.5, 0.6) is 0 Å². The van der Waals surface area contributed by atoms with E-state index in [1.807, 2.05) is 42.5 Å². The minimum absolute atomic E-state index is 0.0950. The minimum atomic E-state index is -0.324. The number of anilines is 1. The average molecular weight is 528 g/mol. The number of carbonyl (C=O) groups excluding carboxylic acids is 2. The van der Waals surface area contributed by atoms with E-state index < -0.39 is 0 Å². The molecule has 2 aromatic carbocycles. The third-order valence-electron chi connectivity index (χ3n) is 6.14. The highest BCUT2D eigenvalue weighted by Gasteiger charge is 2.15. The molecule has 202 valence electrons. The Labute approximate surface area is 228 Å². The van der Waals surface area contributed by atoms with Crippen molar-refractivity contribution in [2.75, 3.05) is 18.5 Å². The van der Waals surface area contributed by atoms with E-state index in [4.69, 9.17) is 9.26 Å². The Morgan fingerprint density at radius 3 is 2.49 bits per heavy atom. The number of nitrogens with one attached hydrogen (secondary N) is 2. The highest BCUT2D eigenvalue weighted by Crippen LogP contribution is 2.28. The molecule has 0 aliphatic carbocycles. The van der Waals surface area contributed by atoms with Crippen LogP contribution in [0.15, 0.2) is 77.4 Å². The summed E-state index contributed by atoms with van der Waals surface area (Å²) in [5, 5.41) is 10.5. The van der Waals surface area contributed by atoms with Crippen molar-refractivity contribution in [3.63, 3.8) is 0 Å². The molecule has 0 bridgehead atoms. The second-order valence-corrected chi connectivity index (χ2v) is 8.99. The third kappa shape index (κ3) is 7.73. The number of amides is 1. The Morgan fingerprint density at radius 2 is 1.79 bits per heavy atom. The average Bonchev–Trinajstić information content (AvgIpc) is 3.47. The number of hydrogen-bond acceptors (Lipinski definition) is 8. The van der Waals surface area contributed by atoms with Crippen molar-refractivity contribution in [2.24, 2.45) is 0 Å². The van der Waals surface area contributed by atoms with Crippen LogP contribution < -0.4 is 10.6 Å². The molecule has 9 heteroatoms. The zero-order valence-electron chi connectivity index (χ0n) is 22.2. The molecule has 2 N–H and O–H groups in total. The van der Waals surface area contributed by atoms with Crippen LogP contribution in [-0.2, 0) is 9.53 Å². The molecule has 39 heavy (non-hydrogen) atoms. The number of unbranched alkanes of at least 4 members (excludes halogenated alkanes) is 1. The summed E-state index contributed by atoms with van der Waals surface area (Å²) >= 11 is 0. The Morgan fingerprint density at radius 1 is 1.00 bits per heavy atom. The van der Waals surface area contributed by atoms with E-state index in [-0.39, 0.29) is 30.9 Å². The molecular formula is C30H33N5O4. The summed E-state index contributed by atoms with van der Waals surface area (Å²) in [4.78, 5) is 32.6. The molecule has 0 fully saturated rings. The highest BCUT2D eigenvalue weighted by atomic mass is 16.5. The number of nitrogens with zero attached hydrogens (tertiary/aromatic N) is 3. The van der Waals surface area contributed by atoms with Crippen LogP contribution in [0.3, 0.4) is 0 Å². The predicted octanol–water partition coefficient (Wildman–Crippen LogP) is 5.83. The van der Waals surface area contributed by atoms with Crippen molar-refractivity contribution >= 4 is 17.6 Å². The van der Waals surface area contributed by atoms with Gasteiger partial charge in [0.25, 0.3) is 11.8 Å². The molecule has 0 spiro atoms. The zero-order valence-corrected chi connectivity index (χ0v) is 22.2. The number of benzene rings is 2. The SMILES string of the molecule is CCCC[C@@H](Nc1ccc(C(=O)NCCC(=O)OCC)cc1)c1ccc(-c2noc(-c3ccccn3)n2)cc1. The molecule has 0 aliphatic heterocycles. The van der Waals surface area contributed by atoms with Gasteiger partial charge in [-0.15, -0.1) is 0 Å². The summed E-state index contributed by atoms with van der Waals surface area (Å²) in [7, 11) is 0. The first-order valence-electron chi connectivity index (χ1n) is 13.2. The number of hydrogen-bond donors (Lipinski definition) is 2. The lowest BCUT2D eigenvalue weighted by Gasteiger charge is -2.21. The first kappa shape index (κ1) is 27.5. The van der Waals surface area contributed by atoms with Gasteiger partial charge in [-0.1, -0.05) is 55.3 Å². The quantitative estimate of drug-likeness (QED) is 0.209. The fourth-order valence-electron chi connectivity index (χ4n) is 4.06. The largest absolute Gasteiger partial charge is 0.466 e. The van der Waals surface area contributed by atoms with Gasteiger partial charge in [0.2, 0.25) is 5.82 Å². The number of aromatic nitrogens is 3. The van der Waals surface area contributed by atoms with Crippen LogP contribution in [0, 0.1) is 0 Å². The summed E-state index contributed by atoms with van der Waals surface area (Å²) in [5.41, 5.74) is 4.08. The first-order chi connectivity index (χ1) is 19.1. The third-order valence-corrected chi connectivity index (χ3v) is 6.14. The van der Waals surface area contributed by atoms with Gasteiger partial charge in [-0.3, -0.25) is 14.6 Å². The Bertz CT molecular complexity index is 1340. The standard InChI is InChI=1S/C30H33N5O4/c1-3-5-8-25(33-24-16-14-23(15-17-24)29(37)32-20-18-27(36)38-4-2)21-10-12-22(13-11-21)28-34-30(39-35-28)26-9-6-7-19-31-26/h6-7,9-17,19,25,33H,3-5,8,18,20H2,1-2H3,(H,32,37)/t25-/m1/s1. The van der Waals surface area contributed by atoms with Gasteiger partial charge in [0.15, 0.2) is 0 Å². The van der Waals surface area contributed by atoms with Gasteiger partial charge < -0.3 is 19.9 Å². The number of ether oxygens (including phenoxy) is 1. The summed E-state index contributed by atoms with van der Waals surface area (Å²) in [6.45, 7) is 4.49. The number of carbonyl (C=O) groups is 2. The minimum Gasteiger partial charge on any atom is -0.466 e. The van der Waals surface area contributed by atoms with E-state index >= 15 is 0 Å². The van der Waals surface area contributed by atoms with Crippen molar-refractivity contribution in [1.29, 1.82) is 0 Å². The van der Waals surface area contributed by atoms with E-state index in [0.717, 1.165) is 36.1 Å². The fraction of sp³-hybridized carbons (Fsp3) is 0.300. The molecular weight excluding hydrogens is 494 g/mol. The van der Waals surface area contributed by atoms with Gasteiger partial charge in [0.1, 0.15) is 5.69 Å². The molecule has 1 amide bonds. The van der Waals surface area contributed by atoms with E-state index in [1.165, 1.54) is 0 Å². The van der Waals surface area contributed by atoms with E-state index in [1.54, 1.807) is 25.3 Å². The van der Waals surface area contributed by atoms with Crippen molar-refractivity contribution in [1.82, 2.24) is 20.4 Å². The lowest BCUT2D eigenvalue weighted by molar-refractivity contribution is -0.142. The second-order valence-electron chi connectivity index (χ2n) is 8.99. The molecule has 0 saturated heterocycles. The van der Waals surface area contributed by atoms with Crippen LogP contribution in [0.2, 0.25) is 0 Å². The maximum absolute atomic E-state index is 12.4. The maximum Gasteiger partial charge on any atom is 0.307 e. The number of rotatable bonds is 13. The van der Waals surface area contributed by atoms with Gasteiger partial charge in [-0.25, -0.2) is 0 Å². The van der Waals surface area contributed by atoms with Gasteiger partial charge in [0, 0.05) is 29.6 Å². The van der Waals surface area contributed by atoms with E-state index in [9.17, 15) is 9.59 Å². The van der Waals surface area contributed by atoms with Gasteiger partial charge >= 0.3 is 5.97 Å². The normalized spacial score (nSPS) is 11.5. The van der Waals surface area contributed by atoms with Crippen molar-refractivity contribution in [3.8, 4) is 23.0 Å². The van der Waals surface area contributed by atoms with Crippen LogP contribution in [0.4, 0.5) is 5.69 Å². The molecule has 9 nitrogen and oxygen atoms in total. The topological polar surface area (TPSA) is 119 Å². The Kier molecular flexibility index (Phi) is 9.77. The monoisotopic (exact) mass is 527 g/mol. The molecule has 1 atom stereocenters. The smallest absolute Gasteiger partial charge is 0.307 e. The molecule has 2 heterocycles. The molecule has 4 rings (SSSR count). The highest BCUT2D eigenvalue weighted by molar-refractivity contribution is 5.94. The van der Waals surface area contributed by atoms with Gasteiger partial charge in [-0.2, -0.15) is 4.98 Å². The molecule has 0 unspecified atom stereocenters. The fourth-order valence-corrected chi connectivity index (χ4v) is 4.06. The van der Waals surface area contributed by atoms with Gasteiger partial charge in [-0.05, 0) is 55.3 Å². The van der Waals surface area contributed by atoms with Crippen molar-refractivity contribution in [2.45, 2.75) is 45.6 Å². The van der Waals surface area contributed by atoms with Crippen LogP contribution in [0.25, 0.3) is 23.0 Å². The summed E-state index contributed by atoms with van der Waals surface area (Å²) < 4.78 is 10.3. The lowest BCUT2D eigenvalue weighted by Crippen LogP contribution is -2.26. The summed E-state index contributed by atoms with van der Waals surface area (Å²) in [6.07, 6.45) is 4.95. The molecule has 0 saturated carbocycles. The zero-order chi connectivity index (χ0) is 27.5. The molecule has 2 aromatic heterocycles. The first-order valence-corrected chi connectivity index (χ1v) is 13.2. The van der Waals surface area contributed by atoms with Crippen molar-refractivity contribution in [3.05, 3.63) is 84.1 Å². The predicted molar refractivity (Wildman–Crippen MR) is 149 cm³/mol. The number of esters is 1. The van der Waals surface area contributed by atoms with Gasteiger partial charge in [0.05, 0.1) is 19.1 Å².